The molecule has 0 amide bonds. The fourth-order valence-electron chi connectivity index (χ4n) is 1.78. The summed E-state index contributed by atoms with van der Waals surface area (Å²) in [6.45, 7) is 3.87. The molecule has 0 saturated carbocycles. The molecule has 2 rings (SSSR count). The van der Waals surface area contributed by atoms with Gasteiger partial charge in [-0.3, -0.25) is 4.79 Å². The van der Waals surface area contributed by atoms with E-state index in [1.54, 1.807) is 6.07 Å². The van der Waals surface area contributed by atoms with E-state index in [0.717, 1.165) is 10.4 Å². The van der Waals surface area contributed by atoms with Gasteiger partial charge in [-0.15, -0.1) is 11.3 Å². The monoisotopic (exact) mass is 273 g/mol. The largest absolute Gasteiger partial charge is 0.291 e. The molecular weight excluding hydrogens is 261 g/mol. The maximum Gasteiger partial charge on any atom is 0.194 e. The van der Waals surface area contributed by atoms with Crippen molar-refractivity contribution in [2.45, 2.75) is 19.8 Å². The third-order valence-corrected chi connectivity index (χ3v) is 4.17. The van der Waals surface area contributed by atoms with Gasteiger partial charge in [0, 0.05) is 4.88 Å². The van der Waals surface area contributed by atoms with Gasteiger partial charge in [0.2, 0.25) is 0 Å². The summed E-state index contributed by atoms with van der Waals surface area (Å²) in [5.41, 5.74) is 1.57. The van der Waals surface area contributed by atoms with Crippen molar-refractivity contribution in [1.29, 1.82) is 5.26 Å². The van der Waals surface area contributed by atoms with Crippen LogP contribution in [0.5, 0.6) is 0 Å². The first-order valence-electron chi connectivity index (χ1n) is 5.79. The molecule has 1 atom stereocenters. The van der Waals surface area contributed by atoms with E-state index in [2.05, 4.69) is 0 Å². The quantitative estimate of drug-likeness (QED) is 0.793. The summed E-state index contributed by atoms with van der Waals surface area (Å²) in [5.74, 6) is -1.48. The van der Waals surface area contributed by atoms with Crippen LogP contribution in [0, 0.1) is 31.0 Å². The number of Topliss-reactive ketones (excluding diaryl/α,β-unsaturated/α-hetero) is 1. The summed E-state index contributed by atoms with van der Waals surface area (Å²) < 4.78 is 12.9. The van der Waals surface area contributed by atoms with Crippen LogP contribution in [0.4, 0.5) is 4.39 Å². The Labute approximate surface area is 115 Å². The number of aryl methyl sites for hydroxylation is 2. The molecule has 0 aliphatic heterocycles. The van der Waals surface area contributed by atoms with Crippen LogP contribution in [0.1, 0.15) is 31.6 Å². The Hall–Kier alpha value is -1.99. The fraction of sp³-hybridized carbons (Fsp3) is 0.200. The standard InChI is InChI=1S/C15H12FNOS/c1-9-7-14(19-10(9)2)15(18)13(8-17)11-3-5-12(16)6-4-11/h3-7,13H,1-2H3. The van der Waals surface area contributed by atoms with E-state index in [-0.39, 0.29) is 11.6 Å². The molecule has 0 aliphatic carbocycles. The average molecular weight is 273 g/mol. The molecular formula is C15H12FNOS. The third-order valence-electron chi connectivity index (χ3n) is 3.00. The number of hydrogen-bond donors (Lipinski definition) is 0. The molecule has 0 fully saturated rings. The molecule has 1 unspecified atom stereocenters. The molecule has 0 aliphatic rings. The van der Waals surface area contributed by atoms with Crippen LogP contribution in [0.2, 0.25) is 0 Å². The number of benzene rings is 1. The van der Waals surface area contributed by atoms with Gasteiger partial charge in [-0.2, -0.15) is 5.26 Å². The van der Waals surface area contributed by atoms with Gasteiger partial charge in [-0.05, 0) is 43.2 Å². The number of nitrogens with zero attached hydrogens (tertiary/aromatic N) is 1. The SMILES string of the molecule is Cc1cc(C(=O)C(C#N)c2ccc(F)cc2)sc1C. The molecule has 0 N–H and O–H groups in total. The third kappa shape index (κ3) is 2.72. The highest BCUT2D eigenvalue weighted by atomic mass is 32.1. The highest BCUT2D eigenvalue weighted by molar-refractivity contribution is 7.14. The van der Waals surface area contributed by atoms with Gasteiger partial charge in [0.1, 0.15) is 11.7 Å². The van der Waals surface area contributed by atoms with Crippen molar-refractivity contribution in [2.24, 2.45) is 0 Å². The zero-order valence-corrected chi connectivity index (χ0v) is 11.4. The predicted molar refractivity (Wildman–Crippen MR) is 72.9 cm³/mol. The first-order valence-corrected chi connectivity index (χ1v) is 6.61. The lowest BCUT2D eigenvalue weighted by Crippen LogP contribution is -2.09. The number of carbonyl (C=O) groups is 1. The Balaban J connectivity index is 2.35. The summed E-state index contributed by atoms with van der Waals surface area (Å²) in [4.78, 5) is 14.0. The van der Waals surface area contributed by atoms with Crippen molar-refractivity contribution in [3.05, 3.63) is 57.0 Å². The number of hydrogen-bond acceptors (Lipinski definition) is 3. The van der Waals surface area contributed by atoms with Crippen molar-refractivity contribution in [3.8, 4) is 6.07 Å². The Kier molecular flexibility index (Phi) is 3.77. The van der Waals surface area contributed by atoms with Crippen molar-refractivity contribution < 1.29 is 9.18 Å². The first kappa shape index (κ1) is 13.4. The Morgan fingerprint density at radius 2 is 1.95 bits per heavy atom. The molecule has 2 aromatic rings. The van der Waals surface area contributed by atoms with Crippen LogP contribution in [0.3, 0.4) is 0 Å². The van der Waals surface area contributed by atoms with Gasteiger partial charge in [0.25, 0.3) is 0 Å². The number of ketones is 1. The normalized spacial score (nSPS) is 11.9. The minimum absolute atomic E-state index is 0.227. The summed E-state index contributed by atoms with van der Waals surface area (Å²) in [5, 5.41) is 9.20. The molecule has 1 aromatic heterocycles. The molecule has 1 aromatic carbocycles. The highest BCUT2D eigenvalue weighted by Crippen LogP contribution is 2.27. The second kappa shape index (κ2) is 5.33. The van der Waals surface area contributed by atoms with Crippen molar-refractivity contribution in [2.75, 3.05) is 0 Å². The van der Waals surface area contributed by atoms with Gasteiger partial charge in [0.05, 0.1) is 10.9 Å². The van der Waals surface area contributed by atoms with E-state index < -0.39 is 5.92 Å². The van der Waals surface area contributed by atoms with Crippen molar-refractivity contribution in [3.63, 3.8) is 0 Å². The molecule has 4 heteroatoms. The van der Waals surface area contributed by atoms with E-state index in [0.29, 0.717) is 10.4 Å². The number of nitriles is 1. The minimum atomic E-state index is -0.877. The van der Waals surface area contributed by atoms with E-state index in [1.807, 2.05) is 19.9 Å². The molecule has 96 valence electrons. The van der Waals surface area contributed by atoms with Crippen LogP contribution in [-0.4, -0.2) is 5.78 Å². The van der Waals surface area contributed by atoms with E-state index in [1.165, 1.54) is 35.6 Å². The van der Waals surface area contributed by atoms with E-state index >= 15 is 0 Å². The lowest BCUT2D eigenvalue weighted by atomic mass is 9.95. The van der Waals surface area contributed by atoms with Gasteiger partial charge >= 0.3 is 0 Å². The molecule has 19 heavy (non-hydrogen) atoms. The summed E-state index contributed by atoms with van der Waals surface area (Å²) in [6.07, 6.45) is 0. The maximum atomic E-state index is 12.9. The minimum Gasteiger partial charge on any atom is -0.291 e. The van der Waals surface area contributed by atoms with E-state index in [9.17, 15) is 14.4 Å². The second-order valence-electron chi connectivity index (χ2n) is 4.33. The summed E-state index contributed by atoms with van der Waals surface area (Å²) in [6, 6.07) is 9.29. The van der Waals surface area contributed by atoms with Crippen LogP contribution >= 0.6 is 11.3 Å². The molecule has 0 radical (unpaired) electrons. The second-order valence-corrected chi connectivity index (χ2v) is 5.58. The Bertz CT molecular complexity index is 632. The van der Waals surface area contributed by atoms with Gasteiger partial charge in [0.15, 0.2) is 5.78 Å². The van der Waals surface area contributed by atoms with Crippen molar-refractivity contribution in [1.82, 2.24) is 0 Å². The van der Waals surface area contributed by atoms with Crippen LogP contribution in [0.15, 0.2) is 30.3 Å². The van der Waals surface area contributed by atoms with Gasteiger partial charge in [-0.25, -0.2) is 4.39 Å². The molecule has 2 nitrogen and oxygen atoms in total. The number of carbonyl (C=O) groups excluding carboxylic acids is 1. The van der Waals surface area contributed by atoms with Crippen LogP contribution in [-0.2, 0) is 0 Å². The van der Waals surface area contributed by atoms with Crippen LogP contribution in [0.25, 0.3) is 0 Å². The fourth-order valence-corrected chi connectivity index (χ4v) is 2.78. The lowest BCUT2D eigenvalue weighted by molar-refractivity contribution is 0.0982. The van der Waals surface area contributed by atoms with Crippen LogP contribution < -0.4 is 0 Å². The molecule has 0 bridgehead atoms. The first-order chi connectivity index (χ1) is 9.02. The highest BCUT2D eigenvalue weighted by Gasteiger charge is 2.23. The van der Waals surface area contributed by atoms with E-state index in [4.69, 9.17) is 0 Å². The van der Waals surface area contributed by atoms with Gasteiger partial charge < -0.3 is 0 Å². The number of halogens is 1. The van der Waals surface area contributed by atoms with Crippen molar-refractivity contribution >= 4 is 17.1 Å². The predicted octanol–water partition coefficient (Wildman–Crippen LogP) is 3.99. The lowest BCUT2D eigenvalue weighted by Gasteiger charge is -2.06. The van der Waals surface area contributed by atoms with Gasteiger partial charge in [-0.1, -0.05) is 12.1 Å². The number of rotatable bonds is 3. The number of thiophene rings is 1. The Morgan fingerprint density at radius 3 is 2.42 bits per heavy atom. The average Bonchev–Trinajstić information content (AvgIpc) is 2.73. The summed E-state index contributed by atoms with van der Waals surface area (Å²) in [7, 11) is 0. The maximum absolute atomic E-state index is 12.9. The Morgan fingerprint density at radius 1 is 1.32 bits per heavy atom. The smallest absolute Gasteiger partial charge is 0.194 e. The molecule has 0 spiro atoms. The topological polar surface area (TPSA) is 40.9 Å². The zero-order chi connectivity index (χ0) is 14.0. The summed E-state index contributed by atoms with van der Waals surface area (Å²) >= 11 is 1.39. The zero-order valence-electron chi connectivity index (χ0n) is 10.6. The molecule has 1 heterocycles. The molecule has 0 saturated heterocycles.